The summed E-state index contributed by atoms with van der Waals surface area (Å²) >= 11 is 6.03. The van der Waals surface area contributed by atoms with Gasteiger partial charge in [-0.2, -0.15) is 5.10 Å². The first-order valence-corrected chi connectivity index (χ1v) is 9.68. The quantitative estimate of drug-likeness (QED) is 0.458. The second kappa shape index (κ2) is 8.12. The minimum atomic E-state index is -0.0939. The number of rotatable bonds is 5. The van der Waals surface area contributed by atoms with Gasteiger partial charge >= 0.3 is 0 Å². The molecule has 0 radical (unpaired) electrons. The normalized spacial score (nSPS) is 10.9. The van der Waals surface area contributed by atoms with E-state index in [0.717, 1.165) is 33.4 Å². The molecule has 4 rings (SSSR count). The Bertz CT molecular complexity index is 1220. The highest BCUT2D eigenvalue weighted by Crippen LogP contribution is 2.32. The lowest BCUT2D eigenvalue weighted by Gasteiger charge is -2.11. The highest BCUT2D eigenvalue weighted by Gasteiger charge is 2.14. The molecule has 1 amide bonds. The number of fused-ring (bicyclic) bond motifs is 1. The number of hydrogen-bond donors (Lipinski definition) is 0. The summed E-state index contributed by atoms with van der Waals surface area (Å²) < 4.78 is 7.32. The van der Waals surface area contributed by atoms with Crippen molar-refractivity contribution in [3.63, 3.8) is 0 Å². The minimum absolute atomic E-state index is 0.000494. The number of aromatic nitrogens is 4. The Balaban J connectivity index is 1.64. The Morgan fingerprint density at radius 3 is 2.60 bits per heavy atom. The lowest BCUT2D eigenvalue weighted by Crippen LogP contribution is -2.27. The third kappa shape index (κ3) is 4.11. The van der Waals surface area contributed by atoms with E-state index in [-0.39, 0.29) is 12.5 Å². The van der Waals surface area contributed by atoms with Gasteiger partial charge < -0.3 is 9.64 Å². The van der Waals surface area contributed by atoms with Crippen LogP contribution in [0, 0.1) is 0 Å². The van der Waals surface area contributed by atoms with Crippen molar-refractivity contribution in [3.05, 3.63) is 60.0 Å². The van der Waals surface area contributed by atoms with Gasteiger partial charge in [-0.3, -0.25) is 14.5 Å². The molecule has 0 spiro atoms. The fourth-order valence-corrected chi connectivity index (χ4v) is 3.18. The van der Waals surface area contributed by atoms with Crippen LogP contribution in [0.2, 0.25) is 5.15 Å². The summed E-state index contributed by atoms with van der Waals surface area (Å²) in [5, 5.41) is 5.05. The number of carbonyl (C=O) groups is 1. The van der Waals surface area contributed by atoms with Crippen LogP contribution in [0.1, 0.15) is 0 Å². The van der Waals surface area contributed by atoms with Crippen molar-refractivity contribution in [2.75, 3.05) is 20.7 Å². The lowest BCUT2D eigenvalue weighted by molar-refractivity contribution is -0.130. The van der Waals surface area contributed by atoms with Gasteiger partial charge in [0, 0.05) is 50.2 Å². The Morgan fingerprint density at radius 1 is 1.10 bits per heavy atom. The molecule has 152 valence electrons. The number of benzene rings is 1. The largest absolute Gasteiger partial charge is 0.484 e. The summed E-state index contributed by atoms with van der Waals surface area (Å²) in [6.45, 7) is -0.000494. The van der Waals surface area contributed by atoms with Crippen LogP contribution in [-0.4, -0.2) is 51.3 Å². The van der Waals surface area contributed by atoms with Gasteiger partial charge in [0.05, 0.1) is 11.0 Å². The molecule has 0 aliphatic carbocycles. The van der Waals surface area contributed by atoms with Crippen molar-refractivity contribution in [2.24, 2.45) is 7.05 Å². The Morgan fingerprint density at radius 2 is 1.87 bits per heavy atom. The molecular formula is C22H20ClN5O2. The topological polar surface area (TPSA) is 73.1 Å². The minimum Gasteiger partial charge on any atom is -0.484 e. The van der Waals surface area contributed by atoms with Crippen LogP contribution in [0.4, 0.5) is 0 Å². The van der Waals surface area contributed by atoms with Gasteiger partial charge in [0.2, 0.25) is 0 Å². The summed E-state index contributed by atoms with van der Waals surface area (Å²) in [4.78, 5) is 22.0. The van der Waals surface area contributed by atoms with E-state index in [1.165, 1.54) is 4.90 Å². The van der Waals surface area contributed by atoms with E-state index in [1.54, 1.807) is 24.8 Å². The van der Waals surface area contributed by atoms with Crippen LogP contribution in [0.15, 0.2) is 54.9 Å². The van der Waals surface area contributed by atoms with Gasteiger partial charge in [-0.1, -0.05) is 11.6 Å². The molecule has 0 fully saturated rings. The lowest BCUT2D eigenvalue weighted by atomic mass is 10.0. The van der Waals surface area contributed by atoms with Crippen LogP contribution in [0.5, 0.6) is 5.75 Å². The maximum absolute atomic E-state index is 11.7. The second-order valence-corrected chi connectivity index (χ2v) is 7.45. The summed E-state index contributed by atoms with van der Waals surface area (Å²) in [6, 6.07) is 13.0. The van der Waals surface area contributed by atoms with Crippen molar-refractivity contribution in [3.8, 4) is 28.1 Å². The molecule has 7 nitrogen and oxygen atoms in total. The summed E-state index contributed by atoms with van der Waals surface area (Å²) in [7, 11) is 5.27. The van der Waals surface area contributed by atoms with E-state index < -0.39 is 0 Å². The first-order valence-electron chi connectivity index (χ1n) is 9.30. The van der Waals surface area contributed by atoms with Gasteiger partial charge in [0.1, 0.15) is 16.6 Å². The summed E-state index contributed by atoms with van der Waals surface area (Å²) in [5.41, 5.74) is 5.08. The van der Waals surface area contributed by atoms with Crippen LogP contribution in [0.25, 0.3) is 33.4 Å². The van der Waals surface area contributed by atoms with E-state index in [0.29, 0.717) is 10.9 Å². The standard InChI is InChI=1S/C22H20ClN5O2/c1-27(2)21(29)13-30-16-6-4-14(5-7-16)22-17(12-28(3)26-22)15-10-19-18(24-11-15)8-9-20(23)25-19/h4-12H,13H2,1-3H3. The molecule has 4 aromatic rings. The van der Waals surface area contributed by atoms with Gasteiger partial charge in [-0.25, -0.2) is 4.98 Å². The zero-order chi connectivity index (χ0) is 21.3. The molecule has 0 aliphatic rings. The molecule has 0 unspecified atom stereocenters. The van der Waals surface area contributed by atoms with Crippen LogP contribution < -0.4 is 4.74 Å². The number of amides is 1. The zero-order valence-corrected chi connectivity index (χ0v) is 17.6. The Kier molecular flexibility index (Phi) is 5.37. The Labute approximate surface area is 178 Å². The van der Waals surface area contributed by atoms with Crippen molar-refractivity contribution >= 4 is 28.5 Å². The number of hydrogen-bond acceptors (Lipinski definition) is 5. The van der Waals surface area contributed by atoms with Crippen LogP contribution in [0.3, 0.4) is 0 Å². The molecule has 0 bridgehead atoms. The smallest absolute Gasteiger partial charge is 0.259 e. The molecule has 0 saturated heterocycles. The van der Waals surface area contributed by atoms with Crippen molar-refractivity contribution in [1.82, 2.24) is 24.6 Å². The van der Waals surface area contributed by atoms with Crippen molar-refractivity contribution in [1.29, 1.82) is 0 Å². The fourth-order valence-electron chi connectivity index (χ4n) is 3.03. The molecule has 0 aliphatic heterocycles. The van der Waals surface area contributed by atoms with E-state index >= 15 is 0 Å². The van der Waals surface area contributed by atoms with Gasteiger partial charge in [-0.05, 0) is 42.5 Å². The molecule has 1 aromatic carbocycles. The maximum Gasteiger partial charge on any atom is 0.259 e. The molecule has 8 heteroatoms. The number of nitrogens with zero attached hydrogens (tertiary/aromatic N) is 5. The third-order valence-electron chi connectivity index (χ3n) is 4.63. The number of ether oxygens (including phenoxy) is 1. The number of likely N-dealkylation sites (N-methyl/N-ethyl adjacent to an activating group) is 1. The molecule has 0 N–H and O–H groups in total. The average molecular weight is 422 g/mol. The van der Waals surface area contributed by atoms with E-state index in [1.807, 2.05) is 55.8 Å². The predicted molar refractivity (Wildman–Crippen MR) is 116 cm³/mol. The van der Waals surface area contributed by atoms with Crippen molar-refractivity contribution in [2.45, 2.75) is 0 Å². The monoisotopic (exact) mass is 421 g/mol. The highest BCUT2D eigenvalue weighted by molar-refractivity contribution is 6.29. The first kappa shape index (κ1) is 19.8. The number of pyridine rings is 2. The summed E-state index contributed by atoms with van der Waals surface area (Å²) in [6.07, 6.45) is 3.76. The predicted octanol–water partition coefficient (Wildman–Crippen LogP) is 3.82. The average Bonchev–Trinajstić information content (AvgIpc) is 3.13. The van der Waals surface area contributed by atoms with Crippen LogP contribution >= 0.6 is 11.6 Å². The fraction of sp³-hybridized carbons (Fsp3) is 0.182. The number of carbonyl (C=O) groups excluding carboxylic acids is 1. The maximum atomic E-state index is 11.7. The molecule has 0 atom stereocenters. The number of halogens is 1. The third-order valence-corrected chi connectivity index (χ3v) is 4.84. The van der Waals surface area contributed by atoms with Gasteiger partial charge in [0.15, 0.2) is 6.61 Å². The summed E-state index contributed by atoms with van der Waals surface area (Å²) in [5.74, 6) is 0.529. The molecule has 3 aromatic heterocycles. The van der Waals surface area contributed by atoms with Crippen LogP contribution in [-0.2, 0) is 11.8 Å². The highest BCUT2D eigenvalue weighted by atomic mass is 35.5. The molecule has 30 heavy (non-hydrogen) atoms. The zero-order valence-electron chi connectivity index (χ0n) is 16.8. The van der Waals surface area contributed by atoms with Gasteiger partial charge in [-0.15, -0.1) is 0 Å². The molecule has 3 heterocycles. The SMILES string of the molecule is CN(C)C(=O)COc1ccc(-c2nn(C)cc2-c2cnc3ccc(Cl)nc3c2)cc1. The second-order valence-electron chi connectivity index (χ2n) is 7.06. The van der Waals surface area contributed by atoms with Gasteiger partial charge in [0.25, 0.3) is 5.91 Å². The van der Waals surface area contributed by atoms with E-state index in [2.05, 4.69) is 15.1 Å². The first-order chi connectivity index (χ1) is 14.4. The molecular weight excluding hydrogens is 402 g/mol. The molecule has 0 saturated carbocycles. The number of aryl methyl sites for hydroxylation is 1. The Hall–Kier alpha value is -3.45. The van der Waals surface area contributed by atoms with Crippen molar-refractivity contribution < 1.29 is 9.53 Å². The van der Waals surface area contributed by atoms with E-state index in [9.17, 15) is 4.79 Å². The van der Waals surface area contributed by atoms with E-state index in [4.69, 9.17) is 16.3 Å².